The highest BCUT2D eigenvalue weighted by Crippen LogP contribution is 2.39. The van der Waals surface area contributed by atoms with Crippen LogP contribution in [0.1, 0.15) is 19.4 Å². The molecule has 0 fully saturated rings. The van der Waals surface area contributed by atoms with E-state index in [9.17, 15) is 8.78 Å². The van der Waals surface area contributed by atoms with Crippen LogP contribution in [-0.2, 0) is 5.54 Å². The lowest BCUT2D eigenvalue weighted by Gasteiger charge is -2.24. The zero-order valence-electron chi connectivity index (χ0n) is 9.73. The van der Waals surface area contributed by atoms with Crippen molar-refractivity contribution < 1.29 is 18.3 Å². The maximum atomic E-state index is 13.7. The van der Waals surface area contributed by atoms with Crippen molar-refractivity contribution >= 4 is 0 Å². The summed E-state index contributed by atoms with van der Waals surface area (Å²) in [4.78, 5) is 0. The van der Waals surface area contributed by atoms with Gasteiger partial charge in [0.05, 0.1) is 19.8 Å². The lowest BCUT2D eigenvalue weighted by molar-refractivity contribution is 0.330. The molecule has 0 aliphatic heterocycles. The first-order chi connectivity index (χ1) is 7.32. The third-order valence-electron chi connectivity index (χ3n) is 2.21. The summed E-state index contributed by atoms with van der Waals surface area (Å²) in [6, 6.07) is 0.934. The number of rotatable bonds is 3. The molecule has 0 spiro atoms. The number of hydrogen-bond donors (Lipinski definition) is 1. The first-order valence-electron chi connectivity index (χ1n) is 4.72. The SMILES string of the molecule is COc1cc(F)c(F)c(C(C)(C)N)c1OC. The van der Waals surface area contributed by atoms with E-state index in [4.69, 9.17) is 15.2 Å². The Labute approximate surface area is 93.2 Å². The summed E-state index contributed by atoms with van der Waals surface area (Å²) in [6.07, 6.45) is 0. The number of benzene rings is 1. The predicted molar refractivity (Wildman–Crippen MR) is 56.7 cm³/mol. The number of ether oxygens (including phenoxy) is 2. The standard InChI is InChI=1S/C11H15F2NO2/c1-11(2,14)8-9(13)6(12)5-7(15-3)10(8)16-4/h5H,14H2,1-4H3. The zero-order valence-corrected chi connectivity index (χ0v) is 9.73. The van der Waals surface area contributed by atoms with Crippen LogP contribution in [0.2, 0.25) is 0 Å². The van der Waals surface area contributed by atoms with E-state index in [1.54, 1.807) is 13.8 Å². The van der Waals surface area contributed by atoms with Crippen LogP contribution in [0.4, 0.5) is 8.78 Å². The number of nitrogens with two attached hydrogens (primary N) is 1. The number of methoxy groups -OCH3 is 2. The van der Waals surface area contributed by atoms with Crippen LogP contribution < -0.4 is 15.2 Å². The van der Waals surface area contributed by atoms with Gasteiger partial charge in [0.1, 0.15) is 0 Å². The quantitative estimate of drug-likeness (QED) is 0.867. The van der Waals surface area contributed by atoms with E-state index in [-0.39, 0.29) is 17.1 Å². The van der Waals surface area contributed by atoms with Crippen molar-refractivity contribution in [2.75, 3.05) is 14.2 Å². The minimum absolute atomic E-state index is 0.0353. The largest absolute Gasteiger partial charge is 0.493 e. The molecule has 1 aromatic rings. The Morgan fingerprint density at radius 1 is 1.19 bits per heavy atom. The predicted octanol–water partition coefficient (Wildman–Crippen LogP) is 2.18. The van der Waals surface area contributed by atoms with Gasteiger partial charge in [-0.25, -0.2) is 8.78 Å². The molecule has 0 atom stereocenters. The van der Waals surface area contributed by atoms with E-state index in [1.165, 1.54) is 14.2 Å². The highest BCUT2D eigenvalue weighted by atomic mass is 19.2. The topological polar surface area (TPSA) is 44.5 Å². The highest BCUT2D eigenvalue weighted by molar-refractivity contribution is 5.50. The lowest BCUT2D eigenvalue weighted by Crippen LogP contribution is -2.31. The second kappa shape index (κ2) is 4.25. The highest BCUT2D eigenvalue weighted by Gasteiger charge is 2.29. The first-order valence-corrected chi connectivity index (χ1v) is 4.72. The molecule has 0 saturated carbocycles. The van der Waals surface area contributed by atoms with Crippen LogP contribution in [0, 0.1) is 11.6 Å². The van der Waals surface area contributed by atoms with Crippen LogP contribution >= 0.6 is 0 Å². The maximum Gasteiger partial charge on any atom is 0.168 e. The van der Waals surface area contributed by atoms with Crippen molar-refractivity contribution in [3.8, 4) is 11.5 Å². The van der Waals surface area contributed by atoms with E-state index < -0.39 is 17.2 Å². The number of hydrogen-bond acceptors (Lipinski definition) is 3. The molecular weight excluding hydrogens is 216 g/mol. The van der Waals surface area contributed by atoms with Crippen molar-refractivity contribution in [3.05, 3.63) is 23.3 Å². The summed E-state index contributed by atoms with van der Waals surface area (Å²) in [7, 11) is 2.70. The third-order valence-corrected chi connectivity index (χ3v) is 2.21. The summed E-state index contributed by atoms with van der Waals surface area (Å²) in [5, 5.41) is 0. The van der Waals surface area contributed by atoms with Crippen LogP contribution in [0.5, 0.6) is 11.5 Å². The Kier molecular flexibility index (Phi) is 3.38. The Hall–Kier alpha value is -1.36. The number of halogens is 2. The minimum Gasteiger partial charge on any atom is -0.493 e. The fraction of sp³-hybridized carbons (Fsp3) is 0.455. The molecule has 0 amide bonds. The van der Waals surface area contributed by atoms with Crippen LogP contribution in [0.15, 0.2) is 6.07 Å². The molecule has 0 radical (unpaired) electrons. The third kappa shape index (κ3) is 2.09. The molecule has 3 nitrogen and oxygen atoms in total. The van der Waals surface area contributed by atoms with E-state index >= 15 is 0 Å². The van der Waals surface area contributed by atoms with Gasteiger partial charge in [-0.1, -0.05) is 0 Å². The van der Waals surface area contributed by atoms with Gasteiger partial charge in [0, 0.05) is 11.6 Å². The normalized spacial score (nSPS) is 11.4. The summed E-state index contributed by atoms with van der Waals surface area (Å²) in [5.74, 6) is -1.78. The molecule has 0 aliphatic carbocycles. The molecular formula is C11H15F2NO2. The van der Waals surface area contributed by atoms with Crippen molar-refractivity contribution in [3.63, 3.8) is 0 Å². The van der Waals surface area contributed by atoms with Gasteiger partial charge in [-0.3, -0.25) is 0 Å². The molecule has 1 aromatic carbocycles. The Morgan fingerprint density at radius 2 is 1.75 bits per heavy atom. The molecule has 16 heavy (non-hydrogen) atoms. The monoisotopic (exact) mass is 231 g/mol. The molecule has 5 heteroatoms. The molecule has 0 saturated heterocycles. The maximum absolute atomic E-state index is 13.7. The summed E-state index contributed by atoms with van der Waals surface area (Å²) in [6.45, 7) is 3.12. The van der Waals surface area contributed by atoms with Gasteiger partial charge in [-0.05, 0) is 13.8 Å². The van der Waals surface area contributed by atoms with Crippen LogP contribution in [0.3, 0.4) is 0 Å². The van der Waals surface area contributed by atoms with E-state index in [1.807, 2.05) is 0 Å². The fourth-order valence-corrected chi connectivity index (χ4v) is 1.52. The van der Waals surface area contributed by atoms with Crippen molar-refractivity contribution in [1.29, 1.82) is 0 Å². The van der Waals surface area contributed by atoms with Gasteiger partial charge in [0.2, 0.25) is 0 Å². The summed E-state index contributed by atoms with van der Waals surface area (Å²) < 4.78 is 36.9. The molecule has 0 heterocycles. The summed E-state index contributed by atoms with van der Waals surface area (Å²) >= 11 is 0. The van der Waals surface area contributed by atoms with Gasteiger partial charge in [0.15, 0.2) is 23.1 Å². The summed E-state index contributed by atoms with van der Waals surface area (Å²) in [5.41, 5.74) is 4.68. The molecule has 0 unspecified atom stereocenters. The molecule has 0 aliphatic rings. The van der Waals surface area contributed by atoms with Gasteiger partial charge >= 0.3 is 0 Å². The van der Waals surface area contributed by atoms with Crippen LogP contribution in [-0.4, -0.2) is 14.2 Å². The van der Waals surface area contributed by atoms with Gasteiger partial charge in [-0.2, -0.15) is 0 Å². The van der Waals surface area contributed by atoms with Crippen LogP contribution in [0.25, 0.3) is 0 Å². The van der Waals surface area contributed by atoms with Gasteiger partial charge < -0.3 is 15.2 Å². The van der Waals surface area contributed by atoms with Crippen molar-refractivity contribution in [1.82, 2.24) is 0 Å². The fourth-order valence-electron chi connectivity index (χ4n) is 1.52. The Bertz CT molecular complexity index is 400. The molecule has 90 valence electrons. The average Bonchev–Trinajstić information content (AvgIpc) is 2.19. The van der Waals surface area contributed by atoms with Gasteiger partial charge in [-0.15, -0.1) is 0 Å². The Balaban J connectivity index is 3.60. The zero-order chi connectivity index (χ0) is 12.5. The van der Waals surface area contributed by atoms with E-state index in [0.717, 1.165) is 6.07 Å². The molecule has 0 aromatic heterocycles. The minimum atomic E-state index is -1.06. The van der Waals surface area contributed by atoms with Crippen molar-refractivity contribution in [2.45, 2.75) is 19.4 Å². The molecule has 1 rings (SSSR count). The average molecular weight is 231 g/mol. The second-order valence-electron chi connectivity index (χ2n) is 4.00. The molecule has 0 bridgehead atoms. The second-order valence-corrected chi connectivity index (χ2v) is 4.00. The lowest BCUT2D eigenvalue weighted by atomic mass is 9.93. The Morgan fingerprint density at radius 3 is 2.12 bits per heavy atom. The van der Waals surface area contributed by atoms with E-state index in [0.29, 0.717) is 0 Å². The smallest absolute Gasteiger partial charge is 0.168 e. The molecule has 2 N–H and O–H groups in total. The van der Waals surface area contributed by atoms with E-state index in [2.05, 4.69) is 0 Å². The van der Waals surface area contributed by atoms with Crippen molar-refractivity contribution in [2.24, 2.45) is 5.73 Å². The van der Waals surface area contributed by atoms with Gasteiger partial charge in [0.25, 0.3) is 0 Å². The first kappa shape index (κ1) is 12.7.